The second-order valence-electron chi connectivity index (χ2n) is 8.21. The zero-order valence-electron chi connectivity index (χ0n) is 19.3. The standard InChI is InChI=1S/C20H35N5O8/c1-5-10(4)16(20(32)33)25-18(30)12(8-14(27)28)24-17(29)11(6-7-13(21)26)23-19(31)15(22)9(2)3/h9-12,15-16H,5-8,22H2,1-4H3,(H2,21,26)(H,23,31)(H,24,29)(H,25,30)(H,27,28)(H,32,33). The Hall–Kier alpha value is -3.22. The zero-order chi connectivity index (χ0) is 25.9. The molecule has 5 atom stereocenters. The van der Waals surface area contributed by atoms with Crippen molar-refractivity contribution in [3.63, 3.8) is 0 Å². The summed E-state index contributed by atoms with van der Waals surface area (Å²) < 4.78 is 0. The topological polar surface area (TPSA) is 231 Å². The molecule has 13 heteroatoms. The number of hydrogen-bond donors (Lipinski definition) is 7. The molecule has 0 fully saturated rings. The Morgan fingerprint density at radius 2 is 1.36 bits per heavy atom. The van der Waals surface area contributed by atoms with Gasteiger partial charge in [0.15, 0.2) is 0 Å². The highest BCUT2D eigenvalue weighted by Crippen LogP contribution is 2.09. The van der Waals surface area contributed by atoms with Gasteiger partial charge in [0.05, 0.1) is 12.5 Å². The molecule has 0 spiro atoms. The van der Waals surface area contributed by atoms with Gasteiger partial charge in [-0.2, -0.15) is 0 Å². The van der Waals surface area contributed by atoms with E-state index >= 15 is 0 Å². The molecule has 0 radical (unpaired) electrons. The molecule has 0 aromatic heterocycles. The molecule has 4 amide bonds. The van der Waals surface area contributed by atoms with E-state index in [0.29, 0.717) is 6.42 Å². The summed E-state index contributed by atoms with van der Waals surface area (Å²) in [4.78, 5) is 71.6. The number of nitrogens with one attached hydrogen (secondary N) is 3. The predicted octanol–water partition coefficient (Wildman–Crippen LogP) is -1.70. The van der Waals surface area contributed by atoms with Gasteiger partial charge in [-0.25, -0.2) is 4.79 Å². The van der Waals surface area contributed by atoms with Gasteiger partial charge in [0.1, 0.15) is 18.1 Å². The average Bonchev–Trinajstić information content (AvgIpc) is 2.71. The number of carbonyl (C=O) groups is 6. The van der Waals surface area contributed by atoms with Crippen LogP contribution in [-0.4, -0.2) is 69.9 Å². The number of nitrogens with two attached hydrogens (primary N) is 2. The number of amides is 4. The first-order valence-electron chi connectivity index (χ1n) is 10.6. The fourth-order valence-corrected chi connectivity index (χ4v) is 2.72. The minimum atomic E-state index is -1.63. The van der Waals surface area contributed by atoms with Crippen LogP contribution in [0.1, 0.15) is 53.4 Å². The van der Waals surface area contributed by atoms with E-state index in [1.165, 1.54) is 0 Å². The highest BCUT2D eigenvalue weighted by Gasteiger charge is 2.33. The molecule has 0 rings (SSSR count). The van der Waals surface area contributed by atoms with Gasteiger partial charge in [-0.15, -0.1) is 0 Å². The molecule has 0 aliphatic heterocycles. The lowest BCUT2D eigenvalue weighted by Crippen LogP contribution is -2.58. The number of carboxylic acid groups (broad SMARTS) is 2. The Morgan fingerprint density at radius 3 is 1.79 bits per heavy atom. The van der Waals surface area contributed by atoms with Crippen LogP contribution in [0.4, 0.5) is 0 Å². The third kappa shape index (κ3) is 10.8. The Bertz CT molecular complexity index is 742. The summed E-state index contributed by atoms with van der Waals surface area (Å²) in [6.07, 6.45) is -0.916. The minimum Gasteiger partial charge on any atom is -0.481 e. The van der Waals surface area contributed by atoms with Crippen molar-refractivity contribution in [1.29, 1.82) is 0 Å². The van der Waals surface area contributed by atoms with Crippen LogP contribution in [-0.2, 0) is 28.8 Å². The molecule has 0 saturated heterocycles. The number of rotatable bonds is 15. The van der Waals surface area contributed by atoms with E-state index in [0.717, 1.165) is 0 Å². The number of aliphatic carboxylic acids is 2. The van der Waals surface area contributed by atoms with Gasteiger partial charge in [0.2, 0.25) is 23.6 Å². The van der Waals surface area contributed by atoms with Crippen LogP contribution in [0.25, 0.3) is 0 Å². The maximum atomic E-state index is 12.8. The van der Waals surface area contributed by atoms with Crippen LogP contribution < -0.4 is 27.4 Å². The lowest BCUT2D eigenvalue weighted by atomic mass is 9.98. The first-order chi connectivity index (χ1) is 15.2. The SMILES string of the molecule is CCC(C)C(NC(=O)C(CC(=O)O)NC(=O)C(CCC(N)=O)NC(=O)C(N)C(C)C)C(=O)O. The van der Waals surface area contributed by atoms with Crippen molar-refractivity contribution in [2.75, 3.05) is 0 Å². The summed E-state index contributed by atoms with van der Waals surface area (Å²) in [7, 11) is 0. The van der Waals surface area contributed by atoms with Gasteiger partial charge in [0, 0.05) is 6.42 Å². The number of primary amides is 1. The third-order valence-corrected chi connectivity index (χ3v) is 5.12. The van der Waals surface area contributed by atoms with Gasteiger partial charge < -0.3 is 37.6 Å². The molecular weight excluding hydrogens is 438 g/mol. The molecule has 0 aromatic rings. The predicted molar refractivity (Wildman–Crippen MR) is 116 cm³/mol. The Morgan fingerprint density at radius 1 is 0.848 bits per heavy atom. The van der Waals surface area contributed by atoms with Crippen LogP contribution in [0.15, 0.2) is 0 Å². The fourth-order valence-electron chi connectivity index (χ4n) is 2.72. The molecule has 188 valence electrons. The van der Waals surface area contributed by atoms with Gasteiger partial charge in [-0.3, -0.25) is 24.0 Å². The zero-order valence-corrected chi connectivity index (χ0v) is 19.3. The summed E-state index contributed by atoms with van der Waals surface area (Å²) in [5.41, 5.74) is 10.9. The molecule has 0 heterocycles. The number of hydrogen-bond acceptors (Lipinski definition) is 7. The van der Waals surface area contributed by atoms with Crippen LogP contribution in [0.2, 0.25) is 0 Å². The van der Waals surface area contributed by atoms with Crippen molar-refractivity contribution in [2.45, 2.75) is 77.5 Å². The molecule has 0 saturated carbocycles. The summed E-state index contributed by atoms with van der Waals surface area (Å²) in [5, 5.41) is 25.3. The van der Waals surface area contributed by atoms with E-state index in [2.05, 4.69) is 16.0 Å². The molecule has 9 N–H and O–H groups in total. The molecule has 13 nitrogen and oxygen atoms in total. The average molecular weight is 474 g/mol. The first kappa shape index (κ1) is 29.8. The Balaban J connectivity index is 5.64. The van der Waals surface area contributed by atoms with E-state index < -0.39 is 72.1 Å². The van der Waals surface area contributed by atoms with E-state index in [-0.39, 0.29) is 18.8 Å². The van der Waals surface area contributed by atoms with E-state index in [9.17, 15) is 33.9 Å². The monoisotopic (exact) mass is 473 g/mol. The molecule has 0 bridgehead atoms. The molecule has 0 aromatic carbocycles. The quantitative estimate of drug-likeness (QED) is 0.143. The normalized spacial score (nSPS) is 15.5. The van der Waals surface area contributed by atoms with Crippen molar-refractivity contribution >= 4 is 35.6 Å². The van der Waals surface area contributed by atoms with Crippen molar-refractivity contribution in [3.05, 3.63) is 0 Å². The fraction of sp³-hybridized carbons (Fsp3) is 0.700. The molecule has 0 aliphatic carbocycles. The largest absolute Gasteiger partial charge is 0.481 e. The molecule has 33 heavy (non-hydrogen) atoms. The van der Waals surface area contributed by atoms with Crippen molar-refractivity contribution in [1.82, 2.24) is 16.0 Å². The Labute approximate surface area is 192 Å². The smallest absolute Gasteiger partial charge is 0.326 e. The maximum Gasteiger partial charge on any atom is 0.326 e. The maximum absolute atomic E-state index is 12.8. The lowest BCUT2D eigenvalue weighted by molar-refractivity contribution is -0.144. The van der Waals surface area contributed by atoms with Crippen LogP contribution in [0, 0.1) is 11.8 Å². The number of carboxylic acids is 2. The third-order valence-electron chi connectivity index (χ3n) is 5.12. The summed E-state index contributed by atoms with van der Waals surface area (Å²) >= 11 is 0. The van der Waals surface area contributed by atoms with E-state index in [1.54, 1.807) is 27.7 Å². The number of carbonyl (C=O) groups excluding carboxylic acids is 4. The van der Waals surface area contributed by atoms with Crippen molar-refractivity contribution in [2.24, 2.45) is 23.3 Å². The van der Waals surface area contributed by atoms with E-state index in [4.69, 9.17) is 16.6 Å². The van der Waals surface area contributed by atoms with Crippen LogP contribution >= 0.6 is 0 Å². The molecule has 5 unspecified atom stereocenters. The highest BCUT2D eigenvalue weighted by atomic mass is 16.4. The van der Waals surface area contributed by atoms with Crippen molar-refractivity contribution < 1.29 is 39.0 Å². The summed E-state index contributed by atoms with van der Waals surface area (Å²) in [6, 6.07) is -5.22. The molecule has 0 aliphatic rings. The second-order valence-corrected chi connectivity index (χ2v) is 8.21. The summed E-state index contributed by atoms with van der Waals surface area (Å²) in [5.74, 6) is -6.85. The van der Waals surface area contributed by atoms with Gasteiger partial charge in [-0.05, 0) is 18.3 Å². The van der Waals surface area contributed by atoms with Crippen LogP contribution in [0.3, 0.4) is 0 Å². The lowest BCUT2D eigenvalue weighted by Gasteiger charge is -2.26. The Kier molecular flexibility index (Phi) is 12.7. The second kappa shape index (κ2) is 14.0. The highest BCUT2D eigenvalue weighted by molar-refractivity contribution is 5.95. The summed E-state index contributed by atoms with van der Waals surface area (Å²) in [6.45, 7) is 6.69. The van der Waals surface area contributed by atoms with Gasteiger partial charge in [-0.1, -0.05) is 34.1 Å². The van der Waals surface area contributed by atoms with Crippen molar-refractivity contribution in [3.8, 4) is 0 Å². The van der Waals surface area contributed by atoms with Gasteiger partial charge >= 0.3 is 11.9 Å². The first-order valence-corrected chi connectivity index (χ1v) is 10.6. The van der Waals surface area contributed by atoms with E-state index in [1.807, 2.05) is 0 Å². The minimum absolute atomic E-state index is 0.218. The molecular formula is C20H35N5O8. The van der Waals surface area contributed by atoms with Crippen LogP contribution in [0.5, 0.6) is 0 Å². The van der Waals surface area contributed by atoms with Gasteiger partial charge in [0.25, 0.3) is 0 Å².